The summed E-state index contributed by atoms with van der Waals surface area (Å²) in [7, 11) is 0. The summed E-state index contributed by atoms with van der Waals surface area (Å²) >= 11 is 0. The first-order valence-corrected chi connectivity index (χ1v) is 5.73. The third kappa shape index (κ3) is 2.45. The number of hydrogen-bond acceptors (Lipinski definition) is 5. The molecule has 0 amide bonds. The van der Waals surface area contributed by atoms with Crippen LogP contribution in [0.3, 0.4) is 0 Å². The van der Waals surface area contributed by atoms with E-state index in [9.17, 15) is 20.2 Å². The number of non-ortho nitro benzene ring substituents is 1. The van der Waals surface area contributed by atoms with Gasteiger partial charge in [0.2, 0.25) is 0 Å². The van der Waals surface area contributed by atoms with Crippen LogP contribution in [-0.2, 0) is 0 Å². The number of nitro groups is 2. The first-order valence-electron chi connectivity index (χ1n) is 5.73. The summed E-state index contributed by atoms with van der Waals surface area (Å²) in [6.07, 6.45) is 1.64. The maximum absolute atomic E-state index is 11.0. The molecule has 0 spiro atoms. The number of nitrogens with zero attached hydrogens (tertiary/aromatic N) is 2. The molecule has 0 aromatic heterocycles. The van der Waals surface area contributed by atoms with Gasteiger partial charge < -0.3 is 5.32 Å². The Morgan fingerprint density at radius 1 is 1.11 bits per heavy atom. The zero-order chi connectivity index (χ0) is 13.1. The van der Waals surface area contributed by atoms with Crippen molar-refractivity contribution in [3.05, 3.63) is 44.0 Å². The fourth-order valence-electron chi connectivity index (χ4n) is 2.28. The van der Waals surface area contributed by atoms with E-state index in [2.05, 4.69) is 5.32 Å². The maximum Gasteiger partial charge on any atom is 0.279 e. The molecular weight excluding hydrogens is 238 g/mol. The van der Waals surface area contributed by atoms with Gasteiger partial charge in [-0.25, -0.2) is 0 Å². The second-order valence-corrected chi connectivity index (χ2v) is 4.28. The van der Waals surface area contributed by atoms with Crippen molar-refractivity contribution in [1.82, 2.24) is 5.32 Å². The molecule has 0 unspecified atom stereocenters. The van der Waals surface area contributed by atoms with Gasteiger partial charge in [0, 0.05) is 11.6 Å². The van der Waals surface area contributed by atoms with Crippen LogP contribution in [0.2, 0.25) is 0 Å². The molecule has 1 aliphatic rings. The van der Waals surface area contributed by atoms with E-state index in [4.69, 9.17) is 0 Å². The lowest BCUT2D eigenvalue weighted by Crippen LogP contribution is -2.27. The third-order valence-electron chi connectivity index (χ3n) is 3.20. The number of hydrogen-bond donors (Lipinski definition) is 1. The summed E-state index contributed by atoms with van der Waals surface area (Å²) in [5, 5.41) is 24.8. The zero-order valence-corrected chi connectivity index (χ0v) is 9.67. The molecule has 0 saturated carbocycles. The molecule has 7 nitrogen and oxygen atoms in total. The summed E-state index contributed by atoms with van der Waals surface area (Å²) in [6, 6.07) is 3.91. The average Bonchev–Trinajstić information content (AvgIpc) is 2.39. The molecule has 2 rings (SSSR count). The van der Waals surface area contributed by atoms with Crippen LogP contribution in [0.4, 0.5) is 11.4 Å². The molecule has 1 N–H and O–H groups in total. The zero-order valence-electron chi connectivity index (χ0n) is 9.67. The molecular formula is C11H13N3O4. The highest BCUT2D eigenvalue weighted by molar-refractivity contribution is 5.50. The van der Waals surface area contributed by atoms with Gasteiger partial charge in [-0.15, -0.1) is 0 Å². The van der Waals surface area contributed by atoms with Gasteiger partial charge in [-0.05, 0) is 37.9 Å². The van der Waals surface area contributed by atoms with Crippen molar-refractivity contribution in [2.24, 2.45) is 0 Å². The summed E-state index contributed by atoms with van der Waals surface area (Å²) in [6.45, 7) is 1.64. The highest BCUT2D eigenvalue weighted by atomic mass is 16.6. The van der Waals surface area contributed by atoms with E-state index in [0.717, 1.165) is 32.0 Å². The molecule has 0 atom stereocenters. The monoisotopic (exact) mass is 251 g/mol. The standard InChI is InChI=1S/C11H13N3O4/c15-13(16)9-1-2-10(11(7-9)14(17)18)8-3-5-12-6-4-8/h1-2,7-8,12H,3-6H2. The summed E-state index contributed by atoms with van der Waals surface area (Å²) < 4.78 is 0. The van der Waals surface area contributed by atoms with Crippen molar-refractivity contribution in [2.75, 3.05) is 13.1 Å². The topological polar surface area (TPSA) is 98.3 Å². The van der Waals surface area contributed by atoms with Crippen LogP contribution < -0.4 is 5.32 Å². The minimum atomic E-state index is -0.612. The fraction of sp³-hybridized carbons (Fsp3) is 0.455. The molecule has 1 heterocycles. The van der Waals surface area contributed by atoms with Crippen LogP contribution in [0.25, 0.3) is 0 Å². The molecule has 1 aromatic carbocycles. The van der Waals surface area contributed by atoms with Crippen LogP contribution in [-0.4, -0.2) is 22.9 Å². The van der Waals surface area contributed by atoms with Crippen molar-refractivity contribution >= 4 is 11.4 Å². The molecule has 1 saturated heterocycles. The molecule has 0 radical (unpaired) electrons. The van der Waals surface area contributed by atoms with Gasteiger partial charge >= 0.3 is 0 Å². The van der Waals surface area contributed by atoms with E-state index >= 15 is 0 Å². The van der Waals surface area contributed by atoms with E-state index < -0.39 is 9.85 Å². The van der Waals surface area contributed by atoms with E-state index in [1.807, 2.05) is 0 Å². The maximum atomic E-state index is 11.0. The Balaban J connectivity index is 2.39. The lowest BCUT2D eigenvalue weighted by atomic mass is 9.89. The Morgan fingerprint density at radius 3 is 2.33 bits per heavy atom. The predicted molar refractivity (Wildman–Crippen MR) is 64.6 cm³/mol. The van der Waals surface area contributed by atoms with Gasteiger partial charge in [0.15, 0.2) is 0 Å². The van der Waals surface area contributed by atoms with E-state index in [1.54, 1.807) is 0 Å². The molecule has 0 aliphatic carbocycles. The Labute approximate surface area is 103 Å². The second kappa shape index (κ2) is 5.09. The summed E-state index contributed by atoms with van der Waals surface area (Å²) in [5.41, 5.74) is 0.225. The predicted octanol–water partition coefficient (Wildman–Crippen LogP) is 1.97. The number of benzene rings is 1. The summed E-state index contributed by atoms with van der Waals surface area (Å²) in [4.78, 5) is 20.5. The van der Waals surface area contributed by atoms with Gasteiger partial charge in [0.1, 0.15) is 0 Å². The first-order chi connectivity index (χ1) is 8.59. The van der Waals surface area contributed by atoms with Gasteiger partial charge in [0.25, 0.3) is 11.4 Å². The lowest BCUT2D eigenvalue weighted by molar-refractivity contribution is -0.394. The Bertz CT molecular complexity index is 483. The van der Waals surface area contributed by atoms with E-state index in [1.165, 1.54) is 12.1 Å². The van der Waals surface area contributed by atoms with Gasteiger partial charge in [0.05, 0.1) is 15.9 Å². The minimum absolute atomic E-state index is 0.104. The molecule has 96 valence electrons. The number of nitro benzene ring substituents is 2. The van der Waals surface area contributed by atoms with E-state index in [0.29, 0.717) is 5.56 Å². The van der Waals surface area contributed by atoms with Crippen LogP contribution in [0.15, 0.2) is 18.2 Å². The van der Waals surface area contributed by atoms with Crippen LogP contribution in [0, 0.1) is 20.2 Å². The quantitative estimate of drug-likeness (QED) is 0.654. The highest BCUT2D eigenvalue weighted by Gasteiger charge is 2.26. The van der Waals surface area contributed by atoms with Crippen molar-refractivity contribution in [3.63, 3.8) is 0 Å². The van der Waals surface area contributed by atoms with Crippen molar-refractivity contribution in [2.45, 2.75) is 18.8 Å². The van der Waals surface area contributed by atoms with Gasteiger partial charge in [-0.3, -0.25) is 20.2 Å². The molecule has 1 aliphatic heterocycles. The molecule has 0 bridgehead atoms. The van der Waals surface area contributed by atoms with Crippen LogP contribution in [0.1, 0.15) is 24.3 Å². The lowest BCUT2D eigenvalue weighted by Gasteiger charge is -2.22. The van der Waals surface area contributed by atoms with Gasteiger partial charge in [-0.1, -0.05) is 0 Å². The molecule has 18 heavy (non-hydrogen) atoms. The van der Waals surface area contributed by atoms with Crippen molar-refractivity contribution < 1.29 is 9.85 Å². The number of piperidine rings is 1. The van der Waals surface area contributed by atoms with Crippen molar-refractivity contribution in [1.29, 1.82) is 0 Å². The fourth-order valence-corrected chi connectivity index (χ4v) is 2.28. The van der Waals surface area contributed by atoms with Crippen molar-refractivity contribution in [3.8, 4) is 0 Å². The molecule has 1 aromatic rings. The SMILES string of the molecule is O=[N+]([O-])c1ccc(C2CCNCC2)c([N+](=O)[O-])c1. The largest absolute Gasteiger partial charge is 0.317 e. The average molecular weight is 251 g/mol. The number of rotatable bonds is 3. The minimum Gasteiger partial charge on any atom is -0.317 e. The van der Waals surface area contributed by atoms with Crippen LogP contribution in [0.5, 0.6) is 0 Å². The smallest absolute Gasteiger partial charge is 0.279 e. The summed E-state index contributed by atoms with van der Waals surface area (Å²) in [5.74, 6) is 0.104. The second-order valence-electron chi connectivity index (χ2n) is 4.28. The molecule has 1 fully saturated rings. The van der Waals surface area contributed by atoms with Gasteiger partial charge in [-0.2, -0.15) is 0 Å². The Hall–Kier alpha value is -2.02. The number of nitrogens with one attached hydrogen (secondary N) is 1. The van der Waals surface area contributed by atoms with E-state index in [-0.39, 0.29) is 17.3 Å². The van der Waals surface area contributed by atoms with Crippen LogP contribution >= 0.6 is 0 Å². The first kappa shape index (κ1) is 12.4. The molecule has 7 heteroatoms. The normalized spacial score (nSPS) is 16.4. The third-order valence-corrected chi connectivity index (χ3v) is 3.20. The Kier molecular flexibility index (Phi) is 3.52. The highest BCUT2D eigenvalue weighted by Crippen LogP contribution is 2.34. The Morgan fingerprint density at radius 2 is 1.78 bits per heavy atom.